The normalized spacial score (nSPS) is 12.9. The molecule has 0 aliphatic heterocycles. The number of hydrogen-bond donors (Lipinski definition) is 1. The van der Waals surface area contributed by atoms with Crippen LogP contribution < -0.4 is 0 Å². The minimum atomic E-state index is 0.0159. The number of likely N-dealkylation sites (N-methyl/N-ethyl adjacent to an activating group) is 1. The number of aryl methyl sites for hydroxylation is 1. The molecule has 130 valence electrons. The van der Waals surface area contributed by atoms with E-state index in [1.165, 1.54) is 5.56 Å². The molecule has 0 saturated carbocycles. The van der Waals surface area contributed by atoms with Gasteiger partial charge in [0.2, 0.25) is 5.91 Å². The second-order valence-corrected chi connectivity index (χ2v) is 7.74. The lowest BCUT2D eigenvalue weighted by atomic mass is 9.87. The Morgan fingerprint density at radius 2 is 1.92 bits per heavy atom. The zero-order chi connectivity index (χ0) is 18.1. The first-order valence-electron chi connectivity index (χ1n) is 8.09. The lowest BCUT2D eigenvalue weighted by Crippen LogP contribution is -2.44. The highest BCUT2D eigenvalue weighted by molar-refractivity contribution is 7.71. The Morgan fingerprint density at radius 1 is 1.33 bits per heavy atom. The van der Waals surface area contributed by atoms with Crippen LogP contribution in [0.4, 0.5) is 0 Å². The van der Waals surface area contributed by atoms with E-state index in [2.05, 4.69) is 37.9 Å². The summed E-state index contributed by atoms with van der Waals surface area (Å²) in [6.07, 6.45) is 0. The van der Waals surface area contributed by atoms with Gasteiger partial charge >= 0.3 is 0 Å². The number of carbonyl (C=O) groups is 1. The zero-order valence-corrected chi connectivity index (χ0v) is 16.1. The Bertz CT molecular complexity index is 768. The van der Waals surface area contributed by atoms with Crippen molar-refractivity contribution in [1.82, 2.24) is 19.7 Å². The van der Waals surface area contributed by atoms with Gasteiger partial charge in [0, 0.05) is 18.7 Å². The molecule has 1 amide bonds. The fourth-order valence-corrected chi connectivity index (χ4v) is 2.63. The quantitative estimate of drug-likeness (QED) is 0.857. The molecule has 0 unspecified atom stereocenters. The van der Waals surface area contributed by atoms with Gasteiger partial charge in [-0.3, -0.25) is 14.5 Å². The monoisotopic (exact) mass is 346 g/mol. The number of hydrogen-bond acceptors (Lipinski definition) is 3. The number of aromatic amines is 1. The molecule has 6 heteroatoms. The van der Waals surface area contributed by atoms with Gasteiger partial charge < -0.3 is 4.90 Å². The van der Waals surface area contributed by atoms with Crippen LogP contribution in [-0.2, 0) is 11.3 Å². The van der Waals surface area contributed by atoms with E-state index in [1.807, 2.05) is 38.2 Å². The summed E-state index contributed by atoms with van der Waals surface area (Å²) in [7, 11) is 1.84. The maximum Gasteiger partial charge on any atom is 0.242 e. The number of nitrogens with one attached hydrogen (secondary N) is 1. The molecule has 2 rings (SSSR count). The average molecular weight is 347 g/mol. The highest BCUT2D eigenvalue weighted by atomic mass is 32.1. The summed E-state index contributed by atoms with van der Waals surface area (Å²) in [4.78, 5) is 14.5. The van der Waals surface area contributed by atoms with Crippen LogP contribution in [0.5, 0.6) is 0 Å². The molecule has 0 aliphatic carbocycles. The number of benzene rings is 1. The van der Waals surface area contributed by atoms with Gasteiger partial charge in [-0.05, 0) is 31.5 Å². The van der Waals surface area contributed by atoms with Gasteiger partial charge in [0.25, 0.3) is 0 Å². The standard InChI is InChI=1S/C18H26N4OS/c1-12-7-9-14(10-8-12)16-19-20-17(24)22(16)11-15(23)21(6)13(2)18(3,4)5/h7-10,13H,11H2,1-6H3,(H,20,24)/t13-/m1/s1. The van der Waals surface area contributed by atoms with Crippen molar-refractivity contribution >= 4 is 18.1 Å². The van der Waals surface area contributed by atoms with Crippen LogP contribution >= 0.6 is 12.2 Å². The second kappa shape index (κ2) is 6.89. The van der Waals surface area contributed by atoms with Crippen molar-refractivity contribution in [2.75, 3.05) is 7.05 Å². The maximum atomic E-state index is 12.7. The van der Waals surface area contributed by atoms with Crippen LogP contribution in [0.1, 0.15) is 33.3 Å². The summed E-state index contributed by atoms with van der Waals surface area (Å²) in [6, 6.07) is 8.14. The molecular weight excluding hydrogens is 320 g/mol. The Morgan fingerprint density at radius 3 is 2.46 bits per heavy atom. The molecule has 24 heavy (non-hydrogen) atoms. The summed E-state index contributed by atoms with van der Waals surface area (Å²) in [6.45, 7) is 10.7. The number of nitrogens with zero attached hydrogens (tertiary/aromatic N) is 3. The molecule has 0 spiro atoms. The van der Waals surface area contributed by atoms with Gasteiger partial charge in [0.1, 0.15) is 6.54 Å². The first-order valence-corrected chi connectivity index (χ1v) is 8.50. The van der Waals surface area contributed by atoms with Crippen LogP contribution in [0.3, 0.4) is 0 Å². The Kier molecular flexibility index (Phi) is 5.28. The molecule has 1 N–H and O–H groups in total. The molecule has 0 radical (unpaired) electrons. The zero-order valence-electron chi connectivity index (χ0n) is 15.3. The number of amides is 1. The molecule has 5 nitrogen and oxygen atoms in total. The first kappa shape index (κ1) is 18.4. The minimum absolute atomic E-state index is 0.0159. The van der Waals surface area contributed by atoms with Crippen LogP contribution in [0.2, 0.25) is 0 Å². The number of carbonyl (C=O) groups excluding carboxylic acids is 1. The van der Waals surface area contributed by atoms with E-state index in [-0.39, 0.29) is 23.9 Å². The highest BCUT2D eigenvalue weighted by Crippen LogP contribution is 2.24. The third-order valence-corrected chi connectivity index (χ3v) is 4.90. The molecule has 0 bridgehead atoms. The van der Waals surface area contributed by atoms with E-state index in [9.17, 15) is 4.79 Å². The van der Waals surface area contributed by atoms with E-state index in [1.54, 1.807) is 9.47 Å². The Balaban J connectivity index is 2.27. The second-order valence-electron chi connectivity index (χ2n) is 7.35. The van der Waals surface area contributed by atoms with Crippen molar-refractivity contribution in [3.63, 3.8) is 0 Å². The summed E-state index contributed by atoms with van der Waals surface area (Å²) in [5.74, 6) is 0.702. The van der Waals surface area contributed by atoms with Crippen molar-refractivity contribution in [3.05, 3.63) is 34.6 Å². The predicted molar refractivity (Wildman–Crippen MR) is 99.3 cm³/mol. The van der Waals surface area contributed by atoms with Crippen LogP contribution in [0.15, 0.2) is 24.3 Å². The summed E-state index contributed by atoms with van der Waals surface area (Å²) >= 11 is 5.32. The molecule has 1 aromatic carbocycles. The third-order valence-electron chi connectivity index (χ3n) is 4.59. The van der Waals surface area contributed by atoms with Gasteiger partial charge in [-0.1, -0.05) is 50.6 Å². The van der Waals surface area contributed by atoms with E-state index >= 15 is 0 Å². The lowest BCUT2D eigenvalue weighted by molar-refractivity contribution is -0.134. The fourth-order valence-electron chi connectivity index (χ4n) is 2.43. The lowest BCUT2D eigenvalue weighted by Gasteiger charge is -2.35. The van der Waals surface area contributed by atoms with E-state index in [0.29, 0.717) is 10.6 Å². The highest BCUT2D eigenvalue weighted by Gasteiger charge is 2.27. The van der Waals surface area contributed by atoms with Gasteiger partial charge in [-0.2, -0.15) is 5.10 Å². The molecular formula is C18H26N4OS. The summed E-state index contributed by atoms with van der Waals surface area (Å²) < 4.78 is 2.21. The third kappa shape index (κ3) is 3.93. The van der Waals surface area contributed by atoms with Crippen molar-refractivity contribution < 1.29 is 4.79 Å². The van der Waals surface area contributed by atoms with Gasteiger partial charge in [0.05, 0.1) is 0 Å². The van der Waals surface area contributed by atoms with Crippen molar-refractivity contribution in [1.29, 1.82) is 0 Å². The molecule has 1 atom stereocenters. The Labute approximate surface area is 148 Å². The SMILES string of the molecule is Cc1ccc(-c2n[nH]c(=S)n2CC(=O)N(C)[C@H](C)C(C)(C)C)cc1. The van der Waals surface area contributed by atoms with Crippen molar-refractivity contribution in [2.24, 2.45) is 5.41 Å². The molecule has 1 heterocycles. The van der Waals surface area contributed by atoms with E-state index in [4.69, 9.17) is 12.2 Å². The van der Waals surface area contributed by atoms with E-state index in [0.717, 1.165) is 5.56 Å². The van der Waals surface area contributed by atoms with Gasteiger partial charge in [-0.25, -0.2) is 0 Å². The predicted octanol–water partition coefficient (Wildman–Crippen LogP) is 3.81. The van der Waals surface area contributed by atoms with Crippen molar-refractivity contribution in [3.8, 4) is 11.4 Å². The molecule has 1 aromatic heterocycles. The largest absolute Gasteiger partial charge is 0.341 e. The average Bonchev–Trinajstić information content (AvgIpc) is 2.87. The molecule has 0 saturated heterocycles. The number of rotatable bonds is 4. The fraction of sp³-hybridized carbons (Fsp3) is 0.500. The first-order chi connectivity index (χ1) is 11.1. The van der Waals surface area contributed by atoms with Crippen LogP contribution in [0, 0.1) is 17.1 Å². The van der Waals surface area contributed by atoms with Crippen LogP contribution in [0.25, 0.3) is 11.4 Å². The number of H-pyrrole nitrogens is 1. The minimum Gasteiger partial charge on any atom is -0.341 e. The smallest absolute Gasteiger partial charge is 0.242 e. The van der Waals surface area contributed by atoms with Gasteiger partial charge in [0.15, 0.2) is 10.6 Å². The number of aromatic nitrogens is 3. The summed E-state index contributed by atoms with van der Waals surface area (Å²) in [5, 5.41) is 7.10. The molecule has 2 aromatic rings. The topological polar surface area (TPSA) is 53.9 Å². The van der Waals surface area contributed by atoms with Crippen molar-refractivity contribution in [2.45, 2.75) is 47.2 Å². The molecule has 0 aliphatic rings. The summed E-state index contributed by atoms with van der Waals surface area (Å²) in [5.41, 5.74) is 2.13. The van der Waals surface area contributed by atoms with Gasteiger partial charge in [-0.15, -0.1) is 0 Å². The van der Waals surface area contributed by atoms with Crippen LogP contribution in [-0.4, -0.2) is 38.7 Å². The Hall–Kier alpha value is -1.95. The van der Waals surface area contributed by atoms with E-state index < -0.39 is 0 Å². The molecule has 0 fully saturated rings. The maximum absolute atomic E-state index is 12.7.